The Morgan fingerprint density at radius 1 is 0.447 bits per heavy atom. The van der Waals surface area contributed by atoms with Crippen LogP contribution in [0.3, 0.4) is 0 Å². The van der Waals surface area contributed by atoms with Crippen molar-refractivity contribution in [3.05, 3.63) is 0 Å². The topological polar surface area (TPSA) is 72.8 Å². The molecule has 0 aromatic carbocycles. The van der Waals surface area contributed by atoms with Crippen molar-refractivity contribution in [3.63, 3.8) is 0 Å². The molecule has 0 bridgehead atoms. The van der Waals surface area contributed by atoms with Gasteiger partial charge in [0.05, 0.1) is 0 Å². The van der Waals surface area contributed by atoms with Crippen LogP contribution in [0.2, 0.25) is 0 Å². The van der Waals surface area contributed by atoms with Crippen LogP contribution in [0, 0.1) is 11.8 Å². The van der Waals surface area contributed by atoms with Gasteiger partial charge in [-0.05, 0) is 24.7 Å². The Morgan fingerprint density at radius 3 is 1.02 bits per heavy atom. The van der Waals surface area contributed by atoms with E-state index in [-0.39, 0.29) is 25.2 Å². The Kier molecular flexibility index (Phi) is 35.3. The van der Waals surface area contributed by atoms with E-state index in [9.17, 15) is 14.7 Å². The average Bonchev–Trinajstić information content (AvgIpc) is 3.05. The Labute approximate surface area is 293 Å². The molecule has 1 unspecified atom stereocenters. The normalized spacial score (nSPS) is 12.8. The van der Waals surface area contributed by atoms with Crippen molar-refractivity contribution in [2.75, 3.05) is 13.2 Å². The molecule has 2 atom stereocenters. The molecule has 0 saturated heterocycles. The number of hydrogen-bond acceptors (Lipinski definition) is 5. The SMILES string of the molecule is CCC(C)CCCCCCCCCCCCCCCCCCCCC(=O)OC[C@@H](O)COC(=O)CCCCCCCCCCC(C)C. The quantitative estimate of drug-likeness (QED) is 0.0527. The Morgan fingerprint density at radius 2 is 0.723 bits per heavy atom. The summed E-state index contributed by atoms with van der Waals surface area (Å²) in [5.74, 6) is 1.17. The molecule has 280 valence electrons. The lowest BCUT2D eigenvalue weighted by molar-refractivity contribution is -0.152. The van der Waals surface area contributed by atoms with Gasteiger partial charge in [-0.2, -0.15) is 0 Å². The van der Waals surface area contributed by atoms with E-state index in [0.717, 1.165) is 43.9 Å². The number of rotatable bonds is 37. The third kappa shape index (κ3) is 37.6. The van der Waals surface area contributed by atoms with Gasteiger partial charge in [-0.15, -0.1) is 0 Å². The van der Waals surface area contributed by atoms with E-state index in [2.05, 4.69) is 27.7 Å². The Balaban J connectivity index is 3.35. The van der Waals surface area contributed by atoms with Crippen LogP contribution in [-0.4, -0.2) is 36.4 Å². The maximum absolute atomic E-state index is 12.0. The number of esters is 2. The smallest absolute Gasteiger partial charge is 0.305 e. The van der Waals surface area contributed by atoms with Crippen molar-refractivity contribution >= 4 is 11.9 Å². The van der Waals surface area contributed by atoms with Crippen molar-refractivity contribution in [1.82, 2.24) is 0 Å². The summed E-state index contributed by atoms with van der Waals surface area (Å²) in [5, 5.41) is 10.0. The summed E-state index contributed by atoms with van der Waals surface area (Å²) in [4.78, 5) is 23.9. The van der Waals surface area contributed by atoms with E-state index in [1.54, 1.807) is 0 Å². The fourth-order valence-electron chi connectivity index (χ4n) is 6.25. The van der Waals surface area contributed by atoms with Gasteiger partial charge in [-0.25, -0.2) is 0 Å². The number of carbonyl (C=O) groups excluding carboxylic acids is 2. The minimum Gasteiger partial charge on any atom is -0.463 e. The lowest BCUT2D eigenvalue weighted by Gasteiger charge is -2.12. The van der Waals surface area contributed by atoms with Gasteiger partial charge in [0, 0.05) is 12.8 Å². The number of aliphatic hydroxyl groups is 1. The maximum atomic E-state index is 12.0. The van der Waals surface area contributed by atoms with Crippen LogP contribution in [-0.2, 0) is 19.1 Å². The van der Waals surface area contributed by atoms with E-state index in [0.29, 0.717) is 12.8 Å². The van der Waals surface area contributed by atoms with Crippen molar-refractivity contribution in [2.45, 2.75) is 233 Å². The second-order valence-corrected chi connectivity index (χ2v) is 15.2. The van der Waals surface area contributed by atoms with Gasteiger partial charge in [0.25, 0.3) is 0 Å². The summed E-state index contributed by atoms with van der Waals surface area (Å²) < 4.78 is 10.3. The molecule has 47 heavy (non-hydrogen) atoms. The zero-order chi connectivity index (χ0) is 34.6. The first kappa shape index (κ1) is 45.9. The molecule has 0 radical (unpaired) electrons. The van der Waals surface area contributed by atoms with Crippen LogP contribution in [0.4, 0.5) is 0 Å². The number of ether oxygens (including phenoxy) is 2. The molecule has 0 aliphatic heterocycles. The molecule has 0 heterocycles. The molecule has 0 fully saturated rings. The molecule has 1 N–H and O–H groups in total. The van der Waals surface area contributed by atoms with Gasteiger partial charge in [-0.1, -0.05) is 201 Å². The van der Waals surface area contributed by atoms with Gasteiger partial charge in [0.2, 0.25) is 0 Å². The number of aliphatic hydroxyl groups excluding tert-OH is 1. The Bertz CT molecular complexity index is 663. The van der Waals surface area contributed by atoms with Gasteiger partial charge in [0.15, 0.2) is 0 Å². The summed E-state index contributed by atoms with van der Waals surface area (Å²) in [5.41, 5.74) is 0. The van der Waals surface area contributed by atoms with Crippen LogP contribution in [0.15, 0.2) is 0 Å². The second-order valence-electron chi connectivity index (χ2n) is 15.2. The summed E-state index contributed by atoms with van der Waals surface area (Å²) in [6.45, 7) is 9.03. The van der Waals surface area contributed by atoms with E-state index in [1.807, 2.05) is 0 Å². The summed E-state index contributed by atoms with van der Waals surface area (Å²) >= 11 is 0. The predicted octanol–water partition coefficient (Wildman–Crippen LogP) is 12.8. The maximum Gasteiger partial charge on any atom is 0.305 e. The molecular formula is C42H82O5. The summed E-state index contributed by atoms with van der Waals surface area (Å²) in [6, 6.07) is 0. The molecule has 0 aliphatic carbocycles. The highest BCUT2D eigenvalue weighted by Gasteiger charge is 2.12. The Hall–Kier alpha value is -1.10. The summed E-state index contributed by atoms with van der Waals surface area (Å²) in [7, 11) is 0. The van der Waals surface area contributed by atoms with Crippen molar-refractivity contribution in [2.24, 2.45) is 11.8 Å². The fourth-order valence-corrected chi connectivity index (χ4v) is 6.25. The molecule has 0 aliphatic rings. The largest absolute Gasteiger partial charge is 0.463 e. The molecule has 0 aromatic heterocycles. The lowest BCUT2D eigenvalue weighted by Crippen LogP contribution is -2.25. The third-order valence-electron chi connectivity index (χ3n) is 9.81. The molecule has 0 rings (SSSR count). The van der Waals surface area contributed by atoms with Gasteiger partial charge < -0.3 is 14.6 Å². The molecule has 0 amide bonds. The van der Waals surface area contributed by atoms with Crippen LogP contribution < -0.4 is 0 Å². The van der Waals surface area contributed by atoms with Crippen molar-refractivity contribution < 1.29 is 24.2 Å². The van der Waals surface area contributed by atoms with Crippen LogP contribution in [0.25, 0.3) is 0 Å². The number of unbranched alkanes of at least 4 members (excludes halogenated alkanes) is 24. The minimum atomic E-state index is -0.956. The third-order valence-corrected chi connectivity index (χ3v) is 9.81. The zero-order valence-electron chi connectivity index (χ0n) is 32.1. The van der Waals surface area contributed by atoms with E-state index in [4.69, 9.17) is 9.47 Å². The van der Waals surface area contributed by atoms with E-state index in [1.165, 1.54) is 154 Å². The molecular weight excluding hydrogens is 584 g/mol. The van der Waals surface area contributed by atoms with E-state index >= 15 is 0 Å². The molecule has 5 heteroatoms. The number of hydrogen-bond donors (Lipinski definition) is 1. The minimum absolute atomic E-state index is 0.109. The van der Waals surface area contributed by atoms with Gasteiger partial charge >= 0.3 is 11.9 Å². The van der Waals surface area contributed by atoms with Gasteiger partial charge in [0.1, 0.15) is 19.3 Å². The standard InChI is InChI=1S/C42H82O5/c1-5-39(4)33-29-25-21-16-14-12-10-8-6-7-9-11-13-15-17-22-26-30-34-41(44)46-36-40(43)37-47-42(45)35-31-27-23-19-18-20-24-28-32-38(2)3/h38-40,43H,5-37H2,1-4H3/t39?,40-/m1/s1. The molecule has 5 nitrogen and oxygen atoms in total. The molecule has 0 aromatic rings. The second kappa shape index (κ2) is 36.2. The van der Waals surface area contributed by atoms with Crippen molar-refractivity contribution in [3.8, 4) is 0 Å². The zero-order valence-corrected chi connectivity index (χ0v) is 32.1. The first-order chi connectivity index (χ1) is 22.8. The fraction of sp³-hybridized carbons (Fsp3) is 0.952. The lowest BCUT2D eigenvalue weighted by atomic mass is 9.99. The van der Waals surface area contributed by atoms with Crippen molar-refractivity contribution in [1.29, 1.82) is 0 Å². The first-order valence-corrected chi connectivity index (χ1v) is 20.8. The van der Waals surface area contributed by atoms with Crippen LogP contribution >= 0.6 is 0 Å². The number of carbonyl (C=O) groups is 2. The molecule has 0 saturated carbocycles. The highest BCUT2D eigenvalue weighted by Crippen LogP contribution is 2.17. The average molecular weight is 667 g/mol. The van der Waals surface area contributed by atoms with Crippen LogP contribution in [0.1, 0.15) is 227 Å². The monoisotopic (exact) mass is 667 g/mol. The predicted molar refractivity (Wildman–Crippen MR) is 201 cm³/mol. The van der Waals surface area contributed by atoms with E-state index < -0.39 is 6.10 Å². The van der Waals surface area contributed by atoms with Crippen LogP contribution in [0.5, 0.6) is 0 Å². The highest BCUT2D eigenvalue weighted by atomic mass is 16.6. The first-order valence-electron chi connectivity index (χ1n) is 20.8. The highest BCUT2D eigenvalue weighted by molar-refractivity contribution is 5.69. The molecule has 0 spiro atoms. The van der Waals surface area contributed by atoms with Gasteiger partial charge in [-0.3, -0.25) is 9.59 Å². The summed E-state index contributed by atoms with van der Waals surface area (Å²) in [6.07, 6.45) is 37.4.